The molecule has 1 aromatic heterocycles. The van der Waals surface area contributed by atoms with Crippen LogP contribution in [0.25, 0.3) is 0 Å². The Morgan fingerprint density at radius 1 is 1.20 bits per heavy atom. The van der Waals surface area contributed by atoms with Gasteiger partial charge in [-0.05, 0) is 25.5 Å². The lowest BCUT2D eigenvalue weighted by molar-refractivity contribution is 0.472. The van der Waals surface area contributed by atoms with E-state index in [1.807, 2.05) is 18.8 Å². The average molecular weight is 306 g/mol. The Hall–Kier alpha value is -0.840. The van der Waals surface area contributed by atoms with Crippen molar-refractivity contribution >= 4 is 23.1 Å². The van der Waals surface area contributed by atoms with Crippen molar-refractivity contribution in [3.05, 3.63) is 47.0 Å². The summed E-state index contributed by atoms with van der Waals surface area (Å²) in [5.74, 6) is 0.571. The zero-order chi connectivity index (χ0) is 14.5. The molecule has 0 amide bonds. The SMILES string of the molecule is CNC(c1ccccc1)C(Sc1nc(C)cs1)C(C)C. The number of aryl methyl sites for hydroxylation is 1. The molecule has 0 saturated heterocycles. The van der Waals surface area contributed by atoms with Gasteiger partial charge in [-0.2, -0.15) is 0 Å². The lowest BCUT2D eigenvalue weighted by atomic mass is 9.96. The minimum atomic E-state index is 0.338. The summed E-state index contributed by atoms with van der Waals surface area (Å²) in [5.41, 5.74) is 2.45. The standard InChI is InChI=1S/C16H22N2S2/c1-11(2)15(20-16-18-12(3)10-19-16)14(17-4)13-8-6-5-7-9-13/h5-11,14-15,17H,1-4H3. The van der Waals surface area contributed by atoms with Gasteiger partial charge in [-0.3, -0.25) is 0 Å². The molecule has 0 aliphatic rings. The fourth-order valence-corrected chi connectivity index (χ4v) is 4.62. The molecule has 0 spiro atoms. The van der Waals surface area contributed by atoms with Crippen LogP contribution in [-0.2, 0) is 0 Å². The summed E-state index contributed by atoms with van der Waals surface area (Å²) >= 11 is 3.63. The Labute approximate surface area is 130 Å². The van der Waals surface area contributed by atoms with Gasteiger partial charge in [-0.15, -0.1) is 11.3 Å². The minimum Gasteiger partial charge on any atom is -0.312 e. The van der Waals surface area contributed by atoms with Crippen LogP contribution in [0.15, 0.2) is 40.1 Å². The molecule has 0 fully saturated rings. The van der Waals surface area contributed by atoms with Crippen LogP contribution >= 0.6 is 23.1 Å². The third kappa shape index (κ3) is 3.84. The monoisotopic (exact) mass is 306 g/mol. The molecule has 2 unspecified atom stereocenters. The molecule has 1 aromatic carbocycles. The van der Waals surface area contributed by atoms with Crippen LogP contribution < -0.4 is 5.32 Å². The van der Waals surface area contributed by atoms with E-state index < -0.39 is 0 Å². The van der Waals surface area contributed by atoms with Gasteiger partial charge in [0, 0.05) is 22.4 Å². The van der Waals surface area contributed by atoms with Gasteiger partial charge < -0.3 is 5.32 Å². The van der Waals surface area contributed by atoms with E-state index in [2.05, 4.69) is 66.8 Å². The van der Waals surface area contributed by atoms with Crippen LogP contribution in [0.2, 0.25) is 0 Å². The highest BCUT2D eigenvalue weighted by molar-refractivity contribution is 8.01. The van der Waals surface area contributed by atoms with Crippen molar-refractivity contribution in [2.75, 3.05) is 7.05 Å². The van der Waals surface area contributed by atoms with Crippen molar-refractivity contribution in [2.45, 2.75) is 36.4 Å². The first-order valence-electron chi connectivity index (χ1n) is 6.92. The number of aromatic nitrogens is 1. The van der Waals surface area contributed by atoms with Gasteiger partial charge in [0.15, 0.2) is 0 Å². The molecule has 2 rings (SSSR count). The van der Waals surface area contributed by atoms with Crippen molar-refractivity contribution in [1.82, 2.24) is 10.3 Å². The largest absolute Gasteiger partial charge is 0.312 e. The summed E-state index contributed by atoms with van der Waals surface area (Å²) in [7, 11) is 2.04. The Kier molecular flexibility index (Phi) is 5.64. The van der Waals surface area contributed by atoms with E-state index in [0.29, 0.717) is 17.2 Å². The highest BCUT2D eigenvalue weighted by Gasteiger charge is 2.26. The van der Waals surface area contributed by atoms with E-state index in [1.54, 1.807) is 11.3 Å². The minimum absolute atomic E-state index is 0.338. The third-order valence-corrected chi connectivity index (χ3v) is 6.00. The van der Waals surface area contributed by atoms with E-state index in [9.17, 15) is 0 Å². The van der Waals surface area contributed by atoms with Crippen LogP contribution in [0.5, 0.6) is 0 Å². The Bertz CT molecular complexity index is 522. The zero-order valence-corrected chi connectivity index (χ0v) is 14.1. The first kappa shape index (κ1) is 15.5. The quantitative estimate of drug-likeness (QED) is 0.794. The van der Waals surface area contributed by atoms with Crippen LogP contribution in [0.1, 0.15) is 31.1 Å². The molecule has 0 aliphatic carbocycles. The fourth-order valence-electron chi connectivity index (χ4n) is 2.27. The van der Waals surface area contributed by atoms with Crippen molar-refractivity contribution in [1.29, 1.82) is 0 Å². The second-order valence-electron chi connectivity index (χ2n) is 5.26. The van der Waals surface area contributed by atoms with Gasteiger partial charge in [0.2, 0.25) is 0 Å². The predicted octanol–water partition coefficient (Wildman–Crippen LogP) is 4.53. The summed E-state index contributed by atoms with van der Waals surface area (Å²) in [6.45, 7) is 6.62. The molecule has 0 radical (unpaired) electrons. The summed E-state index contributed by atoms with van der Waals surface area (Å²) in [4.78, 5) is 4.60. The van der Waals surface area contributed by atoms with E-state index in [4.69, 9.17) is 0 Å². The number of rotatable bonds is 6. The molecule has 0 bridgehead atoms. The van der Waals surface area contributed by atoms with E-state index >= 15 is 0 Å². The van der Waals surface area contributed by atoms with E-state index in [1.165, 1.54) is 5.56 Å². The predicted molar refractivity (Wildman–Crippen MR) is 89.6 cm³/mol. The topological polar surface area (TPSA) is 24.9 Å². The van der Waals surface area contributed by atoms with Crippen LogP contribution in [0, 0.1) is 12.8 Å². The number of benzene rings is 1. The summed E-state index contributed by atoms with van der Waals surface area (Å²) in [5, 5.41) is 6.07. The number of nitrogens with zero attached hydrogens (tertiary/aromatic N) is 1. The molecule has 2 atom stereocenters. The van der Waals surface area contributed by atoms with Gasteiger partial charge in [0.05, 0.1) is 0 Å². The molecular weight excluding hydrogens is 284 g/mol. The first-order chi connectivity index (χ1) is 9.61. The molecule has 2 nitrogen and oxygen atoms in total. The third-order valence-electron chi connectivity index (χ3n) is 3.29. The molecule has 0 saturated carbocycles. The Morgan fingerprint density at radius 3 is 2.40 bits per heavy atom. The Balaban J connectivity index is 2.22. The summed E-state index contributed by atoms with van der Waals surface area (Å²) in [6.07, 6.45) is 0. The highest BCUT2D eigenvalue weighted by atomic mass is 32.2. The molecular formula is C16H22N2S2. The lowest BCUT2D eigenvalue weighted by Crippen LogP contribution is -2.31. The maximum Gasteiger partial charge on any atom is 0.150 e. The van der Waals surface area contributed by atoms with Gasteiger partial charge in [0.25, 0.3) is 0 Å². The maximum absolute atomic E-state index is 4.60. The fraction of sp³-hybridized carbons (Fsp3) is 0.438. The van der Waals surface area contributed by atoms with Crippen molar-refractivity contribution < 1.29 is 0 Å². The van der Waals surface area contributed by atoms with E-state index in [0.717, 1.165) is 10.0 Å². The van der Waals surface area contributed by atoms with Crippen molar-refractivity contribution in [3.8, 4) is 0 Å². The Morgan fingerprint density at radius 2 is 1.90 bits per heavy atom. The van der Waals surface area contributed by atoms with Gasteiger partial charge >= 0.3 is 0 Å². The summed E-state index contributed by atoms with van der Waals surface area (Å²) < 4.78 is 1.16. The molecule has 1 heterocycles. The number of thiazole rings is 1. The normalized spacial score (nSPS) is 14.4. The molecule has 1 N–H and O–H groups in total. The zero-order valence-electron chi connectivity index (χ0n) is 12.5. The molecule has 20 heavy (non-hydrogen) atoms. The molecule has 2 aromatic rings. The second kappa shape index (κ2) is 7.25. The maximum atomic E-state index is 4.60. The lowest BCUT2D eigenvalue weighted by Gasteiger charge is -2.29. The smallest absolute Gasteiger partial charge is 0.150 e. The highest BCUT2D eigenvalue weighted by Crippen LogP contribution is 2.37. The molecule has 4 heteroatoms. The van der Waals surface area contributed by atoms with Crippen molar-refractivity contribution in [2.24, 2.45) is 5.92 Å². The van der Waals surface area contributed by atoms with E-state index in [-0.39, 0.29) is 0 Å². The van der Waals surface area contributed by atoms with Gasteiger partial charge in [-0.25, -0.2) is 4.98 Å². The van der Waals surface area contributed by atoms with Crippen molar-refractivity contribution in [3.63, 3.8) is 0 Å². The summed E-state index contributed by atoms with van der Waals surface area (Å²) in [6, 6.07) is 11.0. The first-order valence-corrected chi connectivity index (χ1v) is 8.68. The van der Waals surface area contributed by atoms with Gasteiger partial charge in [-0.1, -0.05) is 55.9 Å². The molecule has 108 valence electrons. The average Bonchev–Trinajstić information content (AvgIpc) is 2.85. The van der Waals surface area contributed by atoms with Crippen LogP contribution in [0.3, 0.4) is 0 Å². The molecule has 0 aliphatic heterocycles. The van der Waals surface area contributed by atoms with Crippen LogP contribution in [-0.4, -0.2) is 17.3 Å². The number of nitrogens with one attached hydrogen (secondary N) is 1. The number of hydrogen-bond donors (Lipinski definition) is 1. The second-order valence-corrected chi connectivity index (χ2v) is 7.54. The van der Waals surface area contributed by atoms with Crippen LogP contribution in [0.4, 0.5) is 0 Å². The number of hydrogen-bond acceptors (Lipinski definition) is 4. The van der Waals surface area contributed by atoms with Gasteiger partial charge in [0.1, 0.15) is 4.34 Å². The number of thioether (sulfide) groups is 1.